The Balaban J connectivity index is 2.24. The molecular weight excluding hydrogens is 188 g/mol. The van der Waals surface area contributed by atoms with Gasteiger partial charge in [-0.15, -0.1) is 0 Å². The van der Waals surface area contributed by atoms with Crippen LogP contribution >= 0.6 is 0 Å². The highest BCUT2D eigenvalue weighted by Crippen LogP contribution is 2.34. The number of rotatable bonds is 2. The van der Waals surface area contributed by atoms with E-state index in [1.165, 1.54) is 0 Å². The van der Waals surface area contributed by atoms with Gasteiger partial charge in [-0.3, -0.25) is 0 Å². The SMILES string of the molecule is NCC1CNCCC1c1ccccc1O. The highest BCUT2D eigenvalue weighted by molar-refractivity contribution is 5.35. The number of aromatic hydroxyl groups is 1. The van der Waals surface area contributed by atoms with Gasteiger partial charge in [-0.2, -0.15) is 0 Å². The number of hydrogen-bond donors (Lipinski definition) is 3. The molecule has 0 radical (unpaired) electrons. The minimum absolute atomic E-state index is 0.400. The molecule has 1 fully saturated rings. The molecule has 1 heterocycles. The Bertz CT molecular complexity index is 327. The maximum Gasteiger partial charge on any atom is 0.119 e. The molecule has 0 spiro atoms. The second kappa shape index (κ2) is 4.64. The van der Waals surface area contributed by atoms with E-state index < -0.39 is 0 Å². The molecule has 0 aliphatic carbocycles. The summed E-state index contributed by atoms with van der Waals surface area (Å²) in [6.45, 7) is 2.64. The molecule has 1 aliphatic rings. The van der Waals surface area contributed by atoms with Crippen LogP contribution in [0.25, 0.3) is 0 Å². The predicted octanol–water partition coefficient (Wildman–Crippen LogP) is 1.04. The van der Waals surface area contributed by atoms with E-state index in [4.69, 9.17) is 5.73 Å². The van der Waals surface area contributed by atoms with Crippen LogP contribution in [-0.4, -0.2) is 24.7 Å². The van der Waals surface area contributed by atoms with Crippen molar-refractivity contribution in [3.05, 3.63) is 29.8 Å². The second-order valence-corrected chi connectivity index (χ2v) is 4.15. The summed E-state index contributed by atoms with van der Waals surface area (Å²) in [6, 6.07) is 7.60. The van der Waals surface area contributed by atoms with Gasteiger partial charge in [-0.1, -0.05) is 18.2 Å². The van der Waals surface area contributed by atoms with Crippen molar-refractivity contribution >= 4 is 0 Å². The van der Waals surface area contributed by atoms with Gasteiger partial charge in [0.2, 0.25) is 0 Å². The maximum absolute atomic E-state index is 9.81. The van der Waals surface area contributed by atoms with Gasteiger partial charge in [0.05, 0.1) is 0 Å². The molecule has 2 unspecified atom stereocenters. The molecule has 3 heteroatoms. The molecule has 82 valence electrons. The Morgan fingerprint density at radius 1 is 1.40 bits per heavy atom. The zero-order valence-electron chi connectivity index (χ0n) is 8.82. The van der Waals surface area contributed by atoms with Gasteiger partial charge in [0.1, 0.15) is 5.75 Å². The van der Waals surface area contributed by atoms with Gasteiger partial charge in [-0.25, -0.2) is 0 Å². The number of nitrogens with one attached hydrogen (secondary N) is 1. The molecule has 1 aromatic carbocycles. The number of benzene rings is 1. The van der Waals surface area contributed by atoms with E-state index in [0.717, 1.165) is 25.1 Å². The van der Waals surface area contributed by atoms with E-state index in [1.807, 2.05) is 18.2 Å². The summed E-state index contributed by atoms with van der Waals surface area (Å²) < 4.78 is 0. The summed E-state index contributed by atoms with van der Waals surface area (Å²) in [6.07, 6.45) is 1.06. The third kappa shape index (κ3) is 2.13. The molecule has 1 aromatic rings. The van der Waals surface area contributed by atoms with Crippen molar-refractivity contribution < 1.29 is 5.11 Å². The van der Waals surface area contributed by atoms with Crippen molar-refractivity contribution in [3.63, 3.8) is 0 Å². The van der Waals surface area contributed by atoms with Crippen molar-refractivity contribution in [2.75, 3.05) is 19.6 Å². The predicted molar refractivity (Wildman–Crippen MR) is 60.9 cm³/mol. The first-order valence-electron chi connectivity index (χ1n) is 5.51. The van der Waals surface area contributed by atoms with Crippen LogP contribution < -0.4 is 11.1 Å². The summed E-state index contributed by atoms with van der Waals surface area (Å²) in [5.74, 6) is 1.24. The molecular formula is C12H18N2O. The van der Waals surface area contributed by atoms with Gasteiger partial charge in [0.15, 0.2) is 0 Å². The highest BCUT2D eigenvalue weighted by atomic mass is 16.3. The Kier molecular flexibility index (Phi) is 3.23. The van der Waals surface area contributed by atoms with E-state index in [1.54, 1.807) is 6.07 Å². The van der Waals surface area contributed by atoms with Crippen LogP contribution in [0.2, 0.25) is 0 Å². The van der Waals surface area contributed by atoms with Crippen LogP contribution in [0.15, 0.2) is 24.3 Å². The molecule has 0 amide bonds. The summed E-state index contributed by atoms with van der Waals surface area (Å²) in [5.41, 5.74) is 6.81. The first-order chi connectivity index (χ1) is 7.33. The van der Waals surface area contributed by atoms with Crippen LogP contribution in [0.5, 0.6) is 5.75 Å². The van der Waals surface area contributed by atoms with E-state index >= 15 is 0 Å². The molecule has 1 saturated heterocycles. The molecule has 0 saturated carbocycles. The topological polar surface area (TPSA) is 58.3 Å². The normalized spacial score (nSPS) is 26.5. The van der Waals surface area contributed by atoms with Crippen LogP contribution in [0.3, 0.4) is 0 Å². The fourth-order valence-electron chi connectivity index (χ4n) is 2.38. The Morgan fingerprint density at radius 3 is 2.93 bits per heavy atom. The minimum atomic E-state index is 0.400. The maximum atomic E-state index is 9.81. The molecule has 2 atom stereocenters. The summed E-state index contributed by atoms with van der Waals surface area (Å²) >= 11 is 0. The molecule has 0 bridgehead atoms. The Morgan fingerprint density at radius 2 is 2.20 bits per heavy atom. The van der Waals surface area contributed by atoms with Crippen molar-refractivity contribution in [3.8, 4) is 5.75 Å². The summed E-state index contributed by atoms with van der Waals surface area (Å²) in [4.78, 5) is 0. The Hall–Kier alpha value is -1.06. The molecule has 3 nitrogen and oxygen atoms in total. The molecule has 2 rings (SSSR count). The average molecular weight is 206 g/mol. The average Bonchev–Trinajstić information content (AvgIpc) is 2.30. The minimum Gasteiger partial charge on any atom is -0.508 e. The van der Waals surface area contributed by atoms with E-state index in [-0.39, 0.29) is 0 Å². The number of hydrogen-bond acceptors (Lipinski definition) is 3. The van der Waals surface area contributed by atoms with Crippen LogP contribution in [0, 0.1) is 5.92 Å². The van der Waals surface area contributed by atoms with Gasteiger partial charge < -0.3 is 16.2 Å². The largest absolute Gasteiger partial charge is 0.508 e. The number of piperidine rings is 1. The fourth-order valence-corrected chi connectivity index (χ4v) is 2.38. The van der Waals surface area contributed by atoms with Crippen LogP contribution in [0.4, 0.5) is 0 Å². The van der Waals surface area contributed by atoms with Crippen molar-refractivity contribution in [2.24, 2.45) is 11.7 Å². The summed E-state index contributed by atoms with van der Waals surface area (Å²) in [7, 11) is 0. The number of phenols is 1. The smallest absolute Gasteiger partial charge is 0.119 e. The molecule has 1 aliphatic heterocycles. The zero-order valence-corrected chi connectivity index (χ0v) is 8.82. The van der Waals surface area contributed by atoms with Gasteiger partial charge in [0, 0.05) is 0 Å². The summed E-state index contributed by atoms with van der Waals surface area (Å²) in [5, 5.41) is 13.2. The second-order valence-electron chi connectivity index (χ2n) is 4.15. The van der Waals surface area contributed by atoms with Crippen LogP contribution in [0.1, 0.15) is 17.9 Å². The number of nitrogens with two attached hydrogens (primary N) is 1. The lowest BCUT2D eigenvalue weighted by molar-refractivity contribution is 0.324. The fraction of sp³-hybridized carbons (Fsp3) is 0.500. The van der Waals surface area contributed by atoms with Gasteiger partial charge >= 0.3 is 0 Å². The molecule has 0 aromatic heterocycles. The number of phenolic OH excluding ortho intramolecular Hbond substituents is 1. The lowest BCUT2D eigenvalue weighted by Crippen LogP contribution is -2.39. The highest BCUT2D eigenvalue weighted by Gasteiger charge is 2.26. The third-order valence-corrected chi connectivity index (χ3v) is 3.25. The lowest BCUT2D eigenvalue weighted by Gasteiger charge is -2.32. The quantitative estimate of drug-likeness (QED) is 0.677. The van der Waals surface area contributed by atoms with E-state index in [2.05, 4.69) is 5.32 Å². The van der Waals surface area contributed by atoms with Crippen molar-refractivity contribution in [1.29, 1.82) is 0 Å². The van der Waals surface area contributed by atoms with Gasteiger partial charge in [0.25, 0.3) is 0 Å². The zero-order chi connectivity index (χ0) is 10.7. The Labute approximate surface area is 90.3 Å². The first-order valence-corrected chi connectivity index (χ1v) is 5.51. The monoisotopic (exact) mass is 206 g/mol. The number of para-hydroxylation sites is 1. The van der Waals surface area contributed by atoms with E-state index in [9.17, 15) is 5.11 Å². The van der Waals surface area contributed by atoms with Gasteiger partial charge in [-0.05, 0) is 49.5 Å². The van der Waals surface area contributed by atoms with Crippen LogP contribution in [-0.2, 0) is 0 Å². The first kappa shape index (κ1) is 10.5. The van der Waals surface area contributed by atoms with Crippen molar-refractivity contribution in [2.45, 2.75) is 12.3 Å². The van der Waals surface area contributed by atoms with Crippen molar-refractivity contribution in [1.82, 2.24) is 5.32 Å². The standard InChI is InChI=1S/C12H18N2O/c13-7-9-8-14-6-5-10(9)11-3-1-2-4-12(11)15/h1-4,9-10,14-15H,5-8,13H2. The molecule has 4 N–H and O–H groups in total. The molecule has 15 heavy (non-hydrogen) atoms. The van der Waals surface area contributed by atoms with E-state index in [0.29, 0.717) is 24.1 Å². The lowest BCUT2D eigenvalue weighted by atomic mass is 9.81. The third-order valence-electron chi connectivity index (χ3n) is 3.25.